The van der Waals surface area contributed by atoms with Gasteiger partial charge in [0.05, 0.1) is 19.9 Å². The van der Waals surface area contributed by atoms with Crippen LogP contribution in [0.25, 0.3) is 20.3 Å². The highest BCUT2D eigenvalue weighted by atomic mass is 32.1. The SMILES string of the molecule is Cc1nc2c(cc(OCC(=O)NCCNC(C)(C)C)c3ccsc32)s1. The first kappa shape index (κ1) is 18.1. The summed E-state index contributed by atoms with van der Waals surface area (Å²) in [7, 11) is 0. The van der Waals surface area contributed by atoms with E-state index in [1.807, 2.05) is 24.4 Å². The lowest BCUT2D eigenvalue weighted by Crippen LogP contribution is -2.42. The largest absolute Gasteiger partial charge is 0.483 e. The molecule has 2 heterocycles. The van der Waals surface area contributed by atoms with Gasteiger partial charge in [0.15, 0.2) is 6.61 Å². The van der Waals surface area contributed by atoms with Crippen LogP contribution in [-0.4, -0.2) is 36.1 Å². The number of thiazole rings is 1. The minimum absolute atomic E-state index is 0.0176. The first-order valence-electron chi connectivity index (χ1n) is 8.25. The van der Waals surface area contributed by atoms with E-state index in [1.54, 1.807) is 22.7 Å². The summed E-state index contributed by atoms with van der Waals surface area (Å²) in [4.78, 5) is 16.6. The van der Waals surface area contributed by atoms with Crippen LogP contribution in [-0.2, 0) is 4.79 Å². The van der Waals surface area contributed by atoms with Crippen molar-refractivity contribution in [1.29, 1.82) is 0 Å². The van der Waals surface area contributed by atoms with Crippen LogP contribution in [0.2, 0.25) is 0 Å². The molecule has 0 bridgehead atoms. The quantitative estimate of drug-likeness (QED) is 0.643. The molecule has 1 amide bonds. The van der Waals surface area contributed by atoms with Crippen molar-refractivity contribution in [2.45, 2.75) is 33.2 Å². The van der Waals surface area contributed by atoms with E-state index >= 15 is 0 Å². The van der Waals surface area contributed by atoms with Crippen LogP contribution in [0.3, 0.4) is 0 Å². The normalized spacial score (nSPS) is 12.0. The third-order valence-corrected chi connectivity index (χ3v) is 5.47. The van der Waals surface area contributed by atoms with E-state index in [1.165, 1.54) is 0 Å². The molecule has 3 rings (SSSR count). The average Bonchev–Trinajstić information content (AvgIpc) is 3.13. The van der Waals surface area contributed by atoms with Crippen LogP contribution in [0.5, 0.6) is 5.75 Å². The second kappa shape index (κ2) is 7.27. The van der Waals surface area contributed by atoms with Crippen molar-refractivity contribution in [2.24, 2.45) is 0 Å². The number of ether oxygens (including phenoxy) is 1. The molecule has 0 aliphatic rings. The third kappa shape index (κ3) is 4.48. The fourth-order valence-corrected chi connectivity index (χ4v) is 4.37. The van der Waals surface area contributed by atoms with E-state index in [2.05, 4.69) is 36.4 Å². The number of nitrogens with zero attached hydrogens (tertiary/aromatic N) is 1. The van der Waals surface area contributed by atoms with Crippen molar-refractivity contribution >= 4 is 48.9 Å². The summed E-state index contributed by atoms with van der Waals surface area (Å²) in [6.07, 6.45) is 0. The molecule has 25 heavy (non-hydrogen) atoms. The third-order valence-electron chi connectivity index (χ3n) is 3.63. The predicted octanol–water partition coefficient (Wildman–Crippen LogP) is 3.70. The Bertz CT molecular complexity index is 893. The molecule has 0 saturated heterocycles. The molecule has 0 radical (unpaired) electrons. The zero-order valence-corrected chi connectivity index (χ0v) is 16.6. The minimum atomic E-state index is -0.111. The van der Waals surface area contributed by atoms with Gasteiger partial charge in [0, 0.05) is 30.1 Å². The number of benzene rings is 1. The molecular weight excluding hydrogens is 354 g/mol. The van der Waals surface area contributed by atoms with Gasteiger partial charge in [-0.3, -0.25) is 4.79 Å². The Kier molecular flexibility index (Phi) is 5.27. The van der Waals surface area contributed by atoms with Crippen molar-refractivity contribution in [3.63, 3.8) is 0 Å². The highest BCUT2D eigenvalue weighted by Gasteiger charge is 2.14. The molecule has 0 unspecified atom stereocenters. The van der Waals surface area contributed by atoms with Crippen molar-refractivity contribution in [3.8, 4) is 5.75 Å². The van der Waals surface area contributed by atoms with Gasteiger partial charge in [-0.2, -0.15) is 0 Å². The maximum absolute atomic E-state index is 12.0. The number of carbonyl (C=O) groups excluding carboxylic acids is 1. The summed E-state index contributed by atoms with van der Waals surface area (Å²) >= 11 is 3.30. The molecule has 0 aliphatic heterocycles. The van der Waals surface area contributed by atoms with Crippen LogP contribution in [0.4, 0.5) is 0 Å². The second-order valence-electron chi connectivity index (χ2n) is 6.93. The lowest BCUT2D eigenvalue weighted by atomic mass is 10.1. The number of rotatable bonds is 6. The monoisotopic (exact) mass is 377 g/mol. The van der Waals surface area contributed by atoms with Crippen LogP contribution in [0.15, 0.2) is 17.5 Å². The molecule has 134 valence electrons. The molecule has 1 aromatic carbocycles. The standard InChI is InChI=1S/C18H23N3O2S2/c1-11-21-16-14(25-11)9-13(12-5-8-24-17(12)16)23-10-15(22)19-6-7-20-18(2,3)4/h5,8-9,20H,6-7,10H2,1-4H3,(H,19,22). The van der Waals surface area contributed by atoms with E-state index in [0.717, 1.165) is 37.6 Å². The maximum atomic E-state index is 12.0. The van der Waals surface area contributed by atoms with E-state index < -0.39 is 0 Å². The zero-order valence-electron chi connectivity index (χ0n) is 14.9. The summed E-state index contributed by atoms with van der Waals surface area (Å²) in [5, 5.41) is 10.3. The molecule has 0 atom stereocenters. The number of aryl methyl sites for hydroxylation is 1. The number of carbonyl (C=O) groups is 1. The molecule has 0 fully saturated rings. The average molecular weight is 378 g/mol. The van der Waals surface area contributed by atoms with Gasteiger partial charge in [0.1, 0.15) is 5.75 Å². The van der Waals surface area contributed by atoms with E-state index in [9.17, 15) is 4.79 Å². The van der Waals surface area contributed by atoms with Crippen LogP contribution >= 0.6 is 22.7 Å². The number of aromatic nitrogens is 1. The molecule has 5 nitrogen and oxygen atoms in total. The Labute approximate surface area is 155 Å². The van der Waals surface area contributed by atoms with Crippen molar-refractivity contribution in [1.82, 2.24) is 15.6 Å². The summed E-state index contributed by atoms with van der Waals surface area (Å²) < 4.78 is 8.02. The number of thiophene rings is 1. The first-order chi connectivity index (χ1) is 11.8. The van der Waals surface area contributed by atoms with Gasteiger partial charge >= 0.3 is 0 Å². The van der Waals surface area contributed by atoms with Gasteiger partial charge in [0.25, 0.3) is 5.91 Å². The Morgan fingerprint density at radius 1 is 1.32 bits per heavy atom. The molecule has 7 heteroatoms. The lowest BCUT2D eigenvalue weighted by molar-refractivity contribution is -0.123. The Morgan fingerprint density at radius 2 is 2.12 bits per heavy atom. The van der Waals surface area contributed by atoms with Gasteiger partial charge in [-0.15, -0.1) is 22.7 Å². The van der Waals surface area contributed by atoms with Crippen molar-refractivity contribution in [3.05, 3.63) is 22.5 Å². The van der Waals surface area contributed by atoms with Gasteiger partial charge in [-0.05, 0) is 39.1 Å². The zero-order chi connectivity index (χ0) is 18.0. The smallest absolute Gasteiger partial charge is 0.257 e. The van der Waals surface area contributed by atoms with Crippen LogP contribution < -0.4 is 15.4 Å². The number of fused-ring (bicyclic) bond motifs is 3. The van der Waals surface area contributed by atoms with Gasteiger partial charge in [0.2, 0.25) is 0 Å². The van der Waals surface area contributed by atoms with Crippen LogP contribution in [0, 0.1) is 6.92 Å². The fraction of sp³-hybridized carbons (Fsp3) is 0.444. The Morgan fingerprint density at radius 3 is 2.88 bits per heavy atom. The highest BCUT2D eigenvalue weighted by Crippen LogP contribution is 2.38. The molecule has 0 aliphatic carbocycles. The molecular formula is C18H23N3O2S2. The van der Waals surface area contributed by atoms with E-state index in [4.69, 9.17) is 4.74 Å². The predicted molar refractivity (Wildman–Crippen MR) is 106 cm³/mol. The van der Waals surface area contributed by atoms with Crippen molar-refractivity contribution < 1.29 is 9.53 Å². The maximum Gasteiger partial charge on any atom is 0.257 e. The second-order valence-corrected chi connectivity index (χ2v) is 9.08. The summed E-state index contributed by atoms with van der Waals surface area (Å²) in [6, 6.07) is 4.01. The minimum Gasteiger partial charge on any atom is -0.483 e. The van der Waals surface area contributed by atoms with Gasteiger partial charge < -0.3 is 15.4 Å². The summed E-state index contributed by atoms with van der Waals surface area (Å²) in [6.45, 7) is 9.63. The van der Waals surface area contributed by atoms with E-state index in [0.29, 0.717) is 6.54 Å². The fourth-order valence-electron chi connectivity index (χ4n) is 2.54. The first-order valence-corrected chi connectivity index (χ1v) is 9.95. The molecule has 0 spiro atoms. The topological polar surface area (TPSA) is 63.2 Å². The summed E-state index contributed by atoms with van der Waals surface area (Å²) in [5.74, 6) is 0.634. The lowest BCUT2D eigenvalue weighted by Gasteiger charge is -2.20. The van der Waals surface area contributed by atoms with Gasteiger partial charge in [-0.25, -0.2) is 4.98 Å². The molecule has 3 aromatic rings. The molecule has 2 aromatic heterocycles. The molecule has 2 N–H and O–H groups in total. The Balaban J connectivity index is 1.62. The number of amides is 1. The number of hydrogen-bond acceptors (Lipinski definition) is 6. The number of nitrogens with one attached hydrogen (secondary N) is 2. The van der Waals surface area contributed by atoms with E-state index in [-0.39, 0.29) is 18.1 Å². The number of hydrogen-bond donors (Lipinski definition) is 2. The van der Waals surface area contributed by atoms with Crippen LogP contribution in [0.1, 0.15) is 25.8 Å². The van der Waals surface area contributed by atoms with Crippen molar-refractivity contribution in [2.75, 3.05) is 19.7 Å². The Hall–Kier alpha value is -1.70. The molecule has 0 saturated carbocycles. The summed E-state index contributed by atoms with van der Waals surface area (Å²) in [5.41, 5.74) is 1.08. The highest BCUT2D eigenvalue weighted by molar-refractivity contribution is 7.21. The van der Waals surface area contributed by atoms with Gasteiger partial charge in [-0.1, -0.05) is 0 Å².